The molecule has 1 unspecified atom stereocenters. The van der Waals surface area contributed by atoms with E-state index >= 15 is 0 Å². The highest BCUT2D eigenvalue weighted by atomic mass is 35.5. The van der Waals surface area contributed by atoms with Crippen LogP contribution in [0.2, 0.25) is 5.02 Å². The molecule has 6 heteroatoms. The van der Waals surface area contributed by atoms with Crippen LogP contribution in [0.5, 0.6) is 0 Å². The fourth-order valence-electron chi connectivity index (χ4n) is 1.21. The molecule has 1 amide bonds. The number of thioether (sulfide) groups is 1. The molecule has 18 heavy (non-hydrogen) atoms. The Bertz CT molecular complexity index is 465. The van der Waals surface area contributed by atoms with Crippen molar-refractivity contribution in [3.63, 3.8) is 0 Å². The minimum atomic E-state index is -0.472. The Kier molecular flexibility index (Phi) is 5.50. The molecular formula is C12H14ClNO3S. The van der Waals surface area contributed by atoms with Crippen LogP contribution < -0.4 is 5.32 Å². The number of ether oxygens (including phenoxy) is 1. The summed E-state index contributed by atoms with van der Waals surface area (Å²) in [7, 11) is 1.30. The summed E-state index contributed by atoms with van der Waals surface area (Å²) in [5, 5.41) is 2.87. The first kappa shape index (κ1) is 14.9. The fraction of sp³-hybridized carbons (Fsp3) is 0.333. The van der Waals surface area contributed by atoms with Crippen LogP contribution in [0.1, 0.15) is 17.3 Å². The Balaban J connectivity index is 2.94. The van der Waals surface area contributed by atoms with Gasteiger partial charge in [-0.25, -0.2) is 4.79 Å². The second-order valence-electron chi connectivity index (χ2n) is 3.55. The average molecular weight is 288 g/mol. The molecule has 0 saturated heterocycles. The third-order valence-corrected chi connectivity index (χ3v) is 3.62. The number of benzene rings is 1. The van der Waals surface area contributed by atoms with Gasteiger partial charge in [-0.3, -0.25) is 4.79 Å². The molecule has 1 N–H and O–H groups in total. The number of carbonyl (C=O) groups is 2. The Hall–Kier alpha value is -1.20. The van der Waals surface area contributed by atoms with Crippen LogP contribution in [-0.2, 0) is 9.53 Å². The third-order valence-electron chi connectivity index (χ3n) is 2.37. The fourth-order valence-corrected chi connectivity index (χ4v) is 1.65. The molecular weight excluding hydrogens is 274 g/mol. The van der Waals surface area contributed by atoms with Crippen molar-refractivity contribution in [1.29, 1.82) is 0 Å². The van der Waals surface area contributed by atoms with Crippen molar-refractivity contribution in [1.82, 2.24) is 0 Å². The molecule has 1 rings (SSSR count). The highest BCUT2D eigenvalue weighted by Gasteiger charge is 2.14. The van der Waals surface area contributed by atoms with E-state index in [1.54, 1.807) is 19.1 Å². The Labute approximate surface area is 115 Å². The minimum absolute atomic E-state index is 0.161. The number of rotatable bonds is 4. The maximum absolute atomic E-state index is 11.7. The first-order valence-corrected chi connectivity index (χ1v) is 6.87. The number of halogens is 1. The maximum atomic E-state index is 11.7. The van der Waals surface area contributed by atoms with E-state index in [9.17, 15) is 9.59 Å². The standard InChI is InChI=1S/C12H14ClNO3S/c1-7(18-3)11(15)14-10-6-8(12(16)17-2)4-5-9(10)13/h4-7H,1-3H3,(H,14,15). The number of esters is 1. The summed E-state index contributed by atoms with van der Waals surface area (Å²) in [6.45, 7) is 1.79. The van der Waals surface area contributed by atoms with E-state index in [4.69, 9.17) is 11.6 Å². The minimum Gasteiger partial charge on any atom is -0.465 e. The van der Waals surface area contributed by atoms with E-state index in [2.05, 4.69) is 10.1 Å². The molecule has 0 heterocycles. The second-order valence-corrected chi connectivity index (χ2v) is 5.14. The normalized spacial score (nSPS) is 11.8. The van der Waals surface area contributed by atoms with Gasteiger partial charge in [0.05, 0.1) is 28.6 Å². The molecule has 0 aromatic heterocycles. The van der Waals surface area contributed by atoms with Crippen LogP contribution >= 0.6 is 23.4 Å². The van der Waals surface area contributed by atoms with E-state index in [0.29, 0.717) is 16.3 Å². The number of methoxy groups -OCH3 is 1. The van der Waals surface area contributed by atoms with E-state index in [1.165, 1.54) is 24.9 Å². The first-order chi connectivity index (χ1) is 8.49. The van der Waals surface area contributed by atoms with Crippen LogP contribution in [0.4, 0.5) is 5.69 Å². The summed E-state index contributed by atoms with van der Waals surface area (Å²) in [5.41, 5.74) is 0.750. The van der Waals surface area contributed by atoms with Crippen LogP contribution in [0.3, 0.4) is 0 Å². The van der Waals surface area contributed by atoms with Crippen molar-refractivity contribution in [3.05, 3.63) is 28.8 Å². The summed E-state index contributed by atoms with van der Waals surface area (Å²) in [6.07, 6.45) is 1.84. The largest absolute Gasteiger partial charge is 0.465 e. The van der Waals surface area contributed by atoms with E-state index in [-0.39, 0.29) is 11.2 Å². The number of hydrogen-bond acceptors (Lipinski definition) is 4. The van der Waals surface area contributed by atoms with Gasteiger partial charge in [-0.2, -0.15) is 11.8 Å². The Morgan fingerprint density at radius 3 is 2.67 bits per heavy atom. The summed E-state index contributed by atoms with van der Waals surface area (Å²) in [6, 6.07) is 4.59. The average Bonchev–Trinajstić information content (AvgIpc) is 2.39. The topological polar surface area (TPSA) is 55.4 Å². The molecule has 98 valence electrons. The molecule has 0 fully saturated rings. The number of carbonyl (C=O) groups excluding carboxylic acids is 2. The van der Waals surface area contributed by atoms with Gasteiger partial charge in [0, 0.05) is 0 Å². The van der Waals surface area contributed by atoms with Crippen LogP contribution in [0.15, 0.2) is 18.2 Å². The summed E-state index contributed by atoms with van der Waals surface area (Å²) in [5.74, 6) is -0.633. The second kappa shape index (κ2) is 6.66. The summed E-state index contributed by atoms with van der Waals surface area (Å²) >= 11 is 7.39. The smallest absolute Gasteiger partial charge is 0.337 e. The van der Waals surface area contributed by atoms with Gasteiger partial charge in [-0.15, -0.1) is 0 Å². The number of nitrogens with one attached hydrogen (secondary N) is 1. The highest BCUT2D eigenvalue weighted by Crippen LogP contribution is 2.24. The molecule has 1 atom stereocenters. The van der Waals surface area contributed by atoms with Crippen molar-refractivity contribution in [2.45, 2.75) is 12.2 Å². The molecule has 0 aliphatic carbocycles. The van der Waals surface area contributed by atoms with E-state index < -0.39 is 5.97 Å². The lowest BCUT2D eigenvalue weighted by Gasteiger charge is -2.11. The van der Waals surface area contributed by atoms with E-state index in [1.807, 2.05) is 6.26 Å². The molecule has 1 aromatic carbocycles. The third kappa shape index (κ3) is 3.65. The zero-order chi connectivity index (χ0) is 13.7. The van der Waals surface area contributed by atoms with Crippen molar-refractivity contribution in [3.8, 4) is 0 Å². The molecule has 0 saturated carbocycles. The zero-order valence-corrected chi connectivity index (χ0v) is 11.9. The van der Waals surface area contributed by atoms with Gasteiger partial charge in [0.25, 0.3) is 0 Å². The summed E-state index contributed by atoms with van der Waals surface area (Å²) < 4.78 is 4.61. The predicted molar refractivity (Wildman–Crippen MR) is 74.4 cm³/mol. The highest BCUT2D eigenvalue weighted by molar-refractivity contribution is 7.99. The number of hydrogen-bond donors (Lipinski definition) is 1. The molecule has 0 aliphatic heterocycles. The van der Waals surface area contributed by atoms with Crippen LogP contribution in [0.25, 0.3) is 0 Å². The molecule has 1 aromatic rings. The van der Waals surface area contributed by atoms with Gasteiger partial charge in [-0.05, 0) is 31.4 Å². The van der Waals surface area contributed by atoms with Gasteiger partial charge in [0.15, 0.2) is 0 Å². The maximum Gasteiger partial charge on any atom is 0.337 e. The Morgan fingerprint density at radius 1 is 1.44 bits per heavy atom. The van der Waals surface area contributed by atoms with Crippen molar-refractivity contribution in [2.75, 3.05) is 18.7 Å². The monoisotopic (exact) mass is 287 g/mol. The van der Waals surface area contributed by atoms with E-state index in [0.717, 1.165) is 0 Å². The lowest BCUT2D eigenvalue weighted by molar-refractivity contribution is -0.115. The van der Waals surface area contributed by atoms with Gasteiger partial charge < -0.3 is 10.1 Å². The molecule has 4 nitrogen and oxygen atoms in total. The van der Waals surface area contributed by atoms with Crippen molar-refractivity contribution < 1.29 is 14.3 Å². The number of amides is 1. The SMILES string of the molecule is COC(=O)c1ccc(Cl)c(NC(=O)C(C)SC)c1. The van der Waals surface area contributed by atoms with Gasteiger partial charge in [0.2, 0.25) is 5.91 Å². The van der Waals surface area contributed by atoms with Crippen LogP contribution in [0, 0.1) is 0 Å². The number of anilines is 1. The molecule has 0 radical (unpaired) electrons. The Morgan fingerprint density at radius 2 is 2.11 bits per heavy atom. The summed E-state index contributed by atoms with van der Waals surface area (Å²) in [4.78, 5) is 23.1. The predicted octanol–water partition coefficient (Wildman–Crippen LogP) is 2.82. The molecule has 0 aliphatic rings. The zero-order valence-electron chi connectivity index (χ0n) is 10.3. The van der Waals surface area contributed by atoms with Gasteiger partial charge in [0.1, 0.15) is 0 Å². The van der Waals surface area contributed by atoms with Gasteiger partial charge >= 0.3 is 5.97 Å². The molecule has 0 bridgehead atoms. The van der Waals surface area contributed by atoms with Gasteiger partial charge in [-0.1, -0.05) is 11.6 Å². The lowest BCUT2D eigenvalue weighted by Crippen LogP contribution is -2.22. The molecule has 0 spiro atoms. The van der Waals surface area contributed by atoms with Crippen LogP contribution in [-0.4, -0.2) is 30.5 Å². The first-order valence-electron chi connectivity index (χ1n) is 5.21. The quantitative estimate of drug-likeness (QED) is 0.865. The van der Waals surface area contributed by atoms with Crippen molar-refractivity contribution >= 4 is 40.9 Å². The lowest BCUT2D eigenvalue weighted by atomic mass is 10.2. The van der Waals surface area contributed by atoms with Crippen molar-refractivity contribution in [2.24, 2.45) is 0 Å².